The Kier molecular flexibility index (Phi) is 5.68. The Morgan fingerprint density at radius 3 is 2.54 bits per heavy atom. The molecule has 3 aromatic carbocycles. The van der Waals surface area contributed by atoms with Crippen molar-refractivity contribution in [1.29, 1.82) is 5.26 Å². The highest BCUT2D eigenvalue weighted by Crippen LogP contribution is 2.26. The minimum Gasteiger partial charge on any atom is -0.488 e. The van der Waals surface area contributed by atoms with E-state index in [0.717, 1.165) is 16.7 Å². The minimum absolute atomic E-state index is 0.242. The average molecular weight is 364 g/mol. The van der Waals surface area contributed by atoms with Gasteiger partial charge < -0.3 is 4.74 Å². The van der Waals surface area contributed by atoms with E-state index in [1.54, 1.807) is 42.5 Å². The van der Waals surface area contributed by atoms with Crippen LogP contribution in [0.5, 0.6) is 5.75 Å². The predicted molar refractivity (Wildman–Crippen MR) is 102 cm³/mol. The molecule has 0 unspecified atom stereocenters. The number of nitriles is 1. The first kappa shape index (κ1) is 17.7. The Hall–Kier alpha value is -3.09. The molecule has 0 aliphatic heterocycles. The summed E-state index contributed by atoms with van der Waals surface area (Å²) in [4.78, 5) is 0. The van der Waals surface area contributed by atoms with Gasteiger partial charge in [0.15, 0.2) is 0 Å². The fourth-order valence-corrected chi connectivity index (χ4v) is 2.61. The molecule has 0 atom stereocenters. The molecule has 0 aliphatic rings. The van der Waals surface area contributed by atoms with E-state index < -0.39 is 0 Å². The molecule has 0 spiro atoms. The van der Waals surface area contributed by atoms with Gasteiger partial charge in [-0.15, -0.1) is 0 Å². The van der Waals surface area contributed by atoms with Gasteiger partial charge >= 0.3 is 0 Å². The smallest absolute Gasteiger partial charge is 0.127 e. The monoisotopic (exact) mass is 363 g/mol. The second kappa shape index (κ2) is 8.33. The summed E-state index contributed by atoms with van der Waals surface area (Å²) in [6.07, 6.45) is 1.77. The average Bonchev–Trinajstić information content (AvgIpc) is 2.66. The van der Waals surface area contributed by atoms with Crippen molar-refractivity contribution < 1.29 is 9.13 Å². The van der Waals surface area contributed by atoms with Gasteiger partial charge in [0.25, 0.3) is 0 Å². The molecule has 3 rings (SSSR count). The van der Waals surface area contributed by atoms with Crippen molar-refractivity contribution in [1.82, 2.24) is 0 Å². The van der Waals surface area contributed by atoms with E-state index >= 15 is 0 Å². The van der Waals surface area contributed by atoms with Crippen molar-refractivity contribution in [3.05, 3.63) is 100 Å². The van der Waals surface area contributed by atoms with Crippen molar-refractivity contribution in [2.45, 2.75) is 6.61 Å². The number of rotatable bonds is 5. The van der Waals surface area contributed by atoms with Crippen LogP contribution in [-0.2, 0) is 6.61 Å². The lowest BCUT2D eigenvalue weighted by molar-refractivity contribution is 0.305. The molecule has 0 saturated heterocycles. The molecule has 2 nitrogen and oxygen atoms in total. The van der Waals surface area contributed by atoms with E-state index in [-0.39, 0.29) is 12.4 Å². The third-order valence-corrected chi connectivity index (χ3v) is 4.03. The summed E-state index contributed by atoms with van der Waals surface area (Å²) >= 11 is 5.91. The van der Waals surface area contributed by atoms with Crippen LogP contribution in [0.3, 0.4) is 0 Å². The highest BCUT2D eigenvalue weighted by atomic mass is 35.5. The molecule has 128 valence electrons. The number of para-hydroxylation sites is 1. The van der Waals surface area contributed by atoms with Crippen LogP contribution in [0.2, 0.25) is 5.02 Å². The van der Waals surface area contributed by atoms with Crippen molar-refractivity contribution >= 4 is 23.3 Å². The Balaban J connectivity index is 1.86. The van der Waals surface area contributed by atoms with Gasteiger partial charge in [-0.3, -0.25) is 0 Å². The lowest BCUT2D eigenvalue weighted by Crippen LogP contribution is -1.97. The molecule has 0 N–H and O–H groups in total. The highest BCUT2D eigenvalue weighted by Gasteiger charge is 2.06. The molecule has 0 saturated carbocycles. The van der Waals surface area contributed by atoms with E-state index in [2.05, 4.69) is 6.07 Å². The second-order valence-corrected chi connectivity index (χ2v) is 6.07. The highest BCUT2D eigenvalue weighted by molar-refractivity contribution is 6.30. The molecular formula is C22H15ClFNO. The zero-order valence-electron chi connectivity index (χ0n) is 13.8. The molecule has 4 heteroatoms. The molecule has 0 amide bonds. The maximum Gasteiger partial charge on any atom is 0.127 e. The molecule has 0 fully saturated rings. The van der Waals surface area contributed by atoms with Crippen LogP contribution in [-0.4, -0.2) is 0 Å². The van der Waals surface area contributed by atoms with Crippen LogP contribution < -0.4 is 4.74 Å². The Morgan fingerprint density at radius 2 is 1.81 bits per heavy atom. The number of hydrogen-bond donors (Lipinski definition) is 0. The molecule has 0 bridgehead atoms. The van der Waals surface area contributed by atoms with Crippen LogP contribution in [0, 0.1) is 17.1 Å². The summed E-state index contributed by atoms with van der Waals surface area (Å²) in [5.74, 6) is 0.326. The fourth-order valence-electron chi connectivity index (χ4n) is 2.48. The number of nitrogens with zero attached hydrogens (tertiary/aromatic N) is 1. The standard InChI is InChI=1S/C22H15ClFNO/c23-20-10-8-17(9-11-20)19(14-25)13-18-5-1-2-7-22(18)26-15-16-4-3-6-21(24)12-16/h1-13H,15H2/b19-13+. The lowest BCUT2D eigenvalue weighted by atomic mass is 10.0. The van der Waals surface area contributed by atoms with Crippen molar-refractivity contribution in [2.24, 2.45) is 0 Å². The minimum atomic E-state index is -0.297. The molecule has 0 radical (unpaired) electrons. The molecule has 3 aromatic rings. The fraction of sp³-hybridized carbons (Fsp3) is 0.0455. The van der Waals surface area contributed by atoms with E-state index in [1.165, 1.54) is 12.1 Å². The van der Waals surface area contributed by atoms with E-state index in [0.29, 0.717) is 16.3 Å². The Labute approximate surface area is 156 Å². The quantitative estimate of drug-likeness (QED) is 0.404. The summed E-state index contributed by atoms with van der Waals surface area (Å²) in [7, 11) is 0. The molecule has 0 heterocycles. The summed E-state index contributed by atoms with van der Waals surface area (Å²) in [6, 6.07) is 23.0. The zero-order valence-corrected chi connectivity index (χ0v) is 14.6. The predicted octanol–water partition coefficient (Wildman–Crippen LogP) is 6.12. The van der Waals surface area contributed by atoms with Gasteiger partial charge in [-0.2, -0.15) is 5.26 Å². The molecule has 26 heavy (non-hydrogen) atoms. The van der Waals surface area contributed by atoms with Crippen molar-refractivity contribution in [3.8, 4) is 11.8 Å². The van der Waals surface area contributed by atoms with Gasteiger partial charge in [-0.1, -0.05) is 54.1 Å². The van der Waals surface area contributed by atoms with E-state index in [1.807, 2.05) is 24.3 Å². The number of ether oxygens (including phenoxy) is 1. The number of hydrogen-bond acceptors (Lipinski definition) is 2. The van der Waals surface area contributed by atoms with Crippen molar-refractivity contribution in [3.63, 3.8) is 0 Å². The molecule has 0 aliphatic carbocycles. The summed E-state index contributed by atoms with van der Waals surface area (Å²) in [5, 5.41) is 10.1. The van der Waals surface area contributed by atoms with E-state index in [9.17, 15) is 9.65 Å². The Bertz CT molecular complexity index is 974. The van der Waals surface area contributed by atoms with Crippen LogP contribution in [0.25, 0.3) is 11.6 Å². The van der Waals surface area contributed by atoms with Gasteiger partial charge in [-0.05, 0) is 47.5 Å². The topological polar surface area (TPSA) is 33.0 Å². The second-order valence-electron chi connectivity index (χ2n) is 5.63. The SMILES string of the molecule is N#C/C(=C\c1ccccc1OCc1cccc(F)c1)c1ccc(Cl)cc1. The first-order valence-corrected chi connectivity index (χ1v) is 8.37. The maximum atomic E-state index is 13.3. The van der Waals surface area contributed by atoms with Gasteiger partial charge in [-0.25, -0.2) is 4.39 Å². The number of benzene rings is 3. The van der Waals surface area contributed by atoms with Crippen LogP contribution in [0.1, 0.15) is 16.7 Å². The van der Waals surface area contributed by atoms with Gasteiger partial charge in [0.2, 0.25) is 0 Å². The largest absolute Gasteiger partial charge is 0.488 e. The Morgan fingerprint density at radius 1 is 1.04 bits per heavy atom. The summed E-state index contributed by atoms with van der Waals surface area (Å²) < 4.78 is 19.1. The maximum absolute atomic E-state index is 13.3. The van der Waals surface area contributed by atoms with E-state index in [4.69, 9.17) is 16.3 Å². The van der Waals surface area contributed by atoms with Crippen LogP contribution >= 0.6 is 11.6 Å². The first-order valence-electron chi connectivity index (χ1n) is 8.00. The number of allylic oxidation sites excluding steroid dienone is 1. The normalized spacial score (nSPS) is 11.0. The first-order chi connectivity index (χ1) is 12.7. The van der Waals surface area contributed by atoms with Gasteiger partial charge in [0, 0.05) is 10.6 Å². The number of halogens is 2. The van der Waals surface area contributed by atoms with Gasteiger partial charge in [0.1, 0.15) is 18.2 Å². The van der Waals surface area contributed by atoms with Crippen LogP contribution in [0.4, 0.5) is 4.39 Å². The van der Waals surface area contributed by atoms with Crippen molar-refractivity contribution in [2.75, 3.05) is 0 Å². The third-order valence-electron chi connectivity index (χ3n) is 3.78. The van der Waals surface area contributed by atoms with Crippen LogP contribution in [0.15, 0.2) is 72.8 Å². The third kappa shape index (κ3) is 4.50. The summed E-state index contributed by atoms with van der Waals surface area (Å²) in [6.45, 7) is 0.242. The lowest BCUT2D eigenvalue weighted by Gasteiger charge is -2.10. The molecular weight excluding hydrogens is 349 g/mol. The molecule has 0 aromatic heterocycles. The zero-order chi connectivity index (χ0) is 18.4. The summed E-state index contributed by atoms with van der Waals surface area (Å²) in [5.41, 5.74) is 2.79. The van der Waals surface area contributed by atoms with Gasteiger partial charge in [0.05, 0.1) is 11.6 Å².